The molecule has 0 aliphatic heterocycles. The van der Waals surface area contributed by atoms with Crippen LogP contribution in [0.15, 0.2) is 24.3 Å². The van der Waals surface area contributed by atoms with Gasteiger partial charge in [-0.15, -0.1) is 0 Å². The summed E-state index contributed by atoms with van der Waals surface area (Å²) in [5.41, 5.74) is 7.27. The van der Waals surface area contributed by atoms with E-state index >= 15 is 0 Å². The number of nitrogens with zero attached hydrogens (tertiary/aromatic N) is 1. The molecule has 0 atom stereocenters. The molecule has 1 aliphatic rings. The molecule has 1 aromatic carbocycles. The van der Waals surface area contributed by atoms with Crippen LogP contribution in [0, 0.1) is 11.2 Å². The molecule has 0 radical (unpaired) electrons. The lowest BCUT2D eigenvalue weighted by Crippen LogP contribution is -2.31. The van der Waals surface area contributed by atoms with E-state index in [0.29, 0.717) is 5.41 Å². The van der Waals surface area contributed by atoms with Crippen LogP contribution in [0.1, 0.15) is 18.4 Å². The highest BCUT2D eigenvalue weighted by Crippen LogP contribution is 2.44. The second kappa shape index (κ2) is 4.52. The van der Waals surface area contributed by atoms with Crippen molar-refractivity contribution in [1.29, 1.82) is 0 Å². The van der Waals surface area contributed by atoms with Crippen LogP contribution >= 0.6 is 0 Å². The van der Waals surface area contributed by atoms with E-state index < -0.39 is 0 Å². The molecular weight excluding hydrogens is 203 g/mol. The van der Waals surface area contributed by atoms with E-state index in [4.69, 9.17) is 5.73 Å². The van der Waals surface area contributed by atoms with Gasteiger partial charge in [0.1, 0.15) is 5.82 Å². The SMILES string of the molecule is CN(Cc1ccc(F)cc1)CC1(CN)CC1. The lowest BCUT2D eigenvalue weighted by molar-refractivity contribution is 0.259. The summed E-state index contributed by atoms with van der Waals surface area (Å²) in [7, 11) is 2.10. The molecule has 0 bridgehead atoms. The third-order valence-corrected chi connectivity index (χ3v) is 3.36. The molecule has 1 aliphatic carbocycles. The van der Waals surface area contributed by atoms with Crippen molar-refractivity contribution in [2.45, 2.75) is 19.4 Å². The number of nitrogens with two attached hydrogens (primary N) is 1. The van der Waals surface area contributed by atoms with Crippen molar-refractivity contribution >= 4 is 0 Å². The number of hydrogen-bond acceptors (Lipinski definition) is 2. The Hall–Kier alpha value is -0.930. The smallest absolute Gasteiger partial charge is 0.123 e. The molecule has 0 heterocycles. The van der Waals surface area contributed by atoms with E-state index in [0.717, 1.165) is 25.2 Å². The first kappa shape index (κ1) is 11.6. The zero-order valence-electron chi connectivity index (χ0n) is 9.75. The quantitative estimate of drug-likeness (QED) is 0.825. The van der Waals surface area contributed by atoms with Gasteiger partial charge >= 0.3 is 0 Å². The molecule has 1 fully saturated rings. The minimum Gasteiger partial charge on any atom is -0.330 e. The fourth-order valence-corrected chi connectivity index (χ4v) is 2.13. The summed E-state index contributed by atoms with van der Waals surface area (Å²) in [6.07, 6.45) is 2.49. The Bertz CT molecular complexity index is 343. The van der Waals surface area contributed by atoms with Gasteiger partial charge in [-0.2, -0.15) is 0 Å². The lowest BCUT2D eigenvalue weighted by atomic mass is 10.1. The van der Waals surface area contributed by atoms with Crippen molar-refractivity contribution in [3.63, 3.8) is 0 Å². The van der Waals surface area contributed by atoms with Crippen LogP contribution in [0.3, 0.4) is 0 Å². The number of rotatable bonds is 5. The Kier molecular flexibility index (Phi) is 3.26. The summed E-state index contributed by atoms with van der Waals surface area (Å²) in [4.78, 5) is 2.27. The Balaban J connectivity index is 1.87. The van der Waals surface area contributed by atoms with E-state index in [9.17, 15) is 4.39 Å². The van der Waals surface area contributed by atoms with Crippen LogP contribution in [0.2, 0.25) is 0 Å². The minimum atomic E-state index is -0.174. The van der Waals surface area contributed by atoms with Crippen LogP contribution in [0.25, 0.3) is 0 Å². The molecule has 0 unspecified atom stereocenters. The predicted molar refractivity (Wildman–Crippen MR) is 63.5 cm³/mol. The molecule has 1 aromatic rings. The molecule has 1 saturated carbocycles. The molecule has 0 spiro atoms. The Morgan fingerprint density at radius 1 is 1.31 bits per heavy atom. The van der Waals surface area contributed by atoms with Gasteiger partial charge in [0.2, 0.25) is 0 Å². The highest BCUT2D eigenvalue weighted by molar-refractivity contribution is 5.16. The second-order valence-corrected chi connectivity index (χ2v) is 5.00. The van der Waals surface area contributed by atoms with Crippen LogP contribution in [0.4, 0.5) is 4.39 Å². The molecule has 16 heavy (non-hydrogen) atoms. The lowest BCUT2D eigenvalue weighted by Gasteiger charge is -2.22. The molecule has 0 saturated heterocycles. The first-order valence-electron chi connectivity index (χ1n) is 5.77. The van der Waals surface area contributed by atoms with Gasteiger partial charge in [0.05, 0.1) is 0 Å². The van der Waals surface area contributed by atoms with E-state index in [-0.39, 0.29) is 5.82 Å². The van der Waals surface area contributed by atoms with Crippen molar-refractivity contribution < 1.29 is 4.39 Å². The van der Waals surface area contributed by atoms with Gasteiger partial charge < -0.3 is 10.6 Å². The molecule has 0 aromatic heterocycles. The Morgan fingerprint density at radius 2 is 1.94 bits per heavy atom. The van der Waals surface area contributed by atoms with E-state index in [1.54, 1.807) is 0 Å². The minimum absolute atomic E-state index is 0.174. The van der Waals surface area contributed by atoms with E-state index in [1.807, 2.05) is 12.1 Å². The van der Waals surface area contributed by atoms with E-state index in [1.165, 1.54) is 25.0 Å². The Labute approximate surface area is 96.2 Å². The maximum atomic E-state index is 12.7. The van der Waals surface area contributed by atoms with Gasteiger partial charge in [-0.05, 0) is 49.5 Å². The fourth-order valence-electron chi connectivity index (χ4n) is 2.13. The number of halogens is 1. The van der Waals surface area contributed by atoms with Crippen LogP contribution in [-0.4, -0.2) is 25.0 Å². The molecule has 2 nitrogen and oxygen atoms in total. The van der Waals surface area contributed by atoms with Crippen LogP contribution < -0.4 is 5.73 Å². The molecule has 2 rings (SSSR count). The first-order chi connectivity index (χ1) is 7.63. The van der Waals surface area contributed by atoms with Gasteiger partial charge in [0.25, 0.3) is 0 Å². The molecule has 88 valence electrons. The summed E-state index contributed by atoms with van der Waals surface area (Å²) in [5, 5.41) is 0. The molecule has 3 heteroatoms. The third kappa shape index (κ3) is 2.80. The summed E-state index contributed by atoms with van der Waals surface area (Å²) >= 11 is 0. The normalized spacial score (nSPS) is 17.8. The van der Waals surface area contributed by atoms with Crippen molar-refractivity contribution in [1.82, 2.24) is 4.90 Å². The molecule has 0 amide bonds. The van der Waals surface area contributed by atoms with Crippen LogP contribution in [0.5, 0.6) is 0 Å². The van der Waals surface area contributed by atoms with Crippen molar-refractivity contribution in [3.05, 3.63) is 35.6 Å². The van der Waals surface area contributed by atoms with Crippen molar-refractivity contribution in [2.24, 2.45) is 11.1 Å². The summed E-state index contributed by atoms with van der Waals surface area (Å²) < 4.78 is 12.7. The monoisotopic (exact) mass is 222 g/mol. The number of hydrogen-bond donors (Lipinski definition) is 1. The standard InChI is InChI=1S/C13H19FN2/c1-16(10-13(9-15)6-7-13)8-11-2-4-12(14)5-3-11/h2-5H,6-10,15H2,1H3. The van der Waals surface area contributed by atoms with Gasteiger partial charge in [-0.25, -0.2) is 4.39 Å². The Morgan fingerprint density at radius 3 is 2.44 bits per heavy atom. The van der Waals surface area contributed by atoms with Crippen molar-refractivity contribution in [3.8, 4) is 0 Å². The summed E-state index contributed by atoms with van der Waals surface area (Å²) in [6, 6.07) is 6.71. The molecule has 2 N–H and O–H groups in total. The average Bonchev–Trinajstić information content (AvgIpc) is 3.02. The van der Waals surface area contributed by atoms with Crippen LogP contribution in [-0.2, 0) is 6.54 Å². The topological polar surface area (TPSA) is 29.3 Å². The fraction of sp³-hybridized carbons (Fsp3) is 0.538. The predicted octanol–water partition coefficient (Wildman–Crippen LogP) is 2.00. The van der Waals surface area contributed by atoms with Gasteiger partial charge in [0, 0.05) is 13.1 Å². The third-order valence-electron chi connectivity index (χ3n) is 3.36. The average molecular weight is 222 g/mol. The van der Waals surface area contributed by atoms with E-state index in [2.05, 4.69) is 11.9 Å². The summed E-state index contributed by atoms with van der Waals surface area (Å²) in [6.45, 7) is 2.68. The molecular formula is C13H19FN2. The summed E-state index contributed by atoms with van der Waals surface area (Å²) in [5.74, 6) is -0.174. The largest absolute Gasteiger partial charge is 0.330 e. The zero-order chi connectivity index (χ0) is 11.6. The zero-order valence-corrected chi connectivity index (χ0v) is 9.75. The maximum absolute atomic E-state index is 12.7. The van der Waals surface area contributed by atoms with Gasteiger partial charge in [-0.3, -0.25) is 0 Å². The van der Waals surface area contributed by atoms with Gasteiger partial charge in [0.15, 0.2) is 0 Å². The highest BCUT2D eigenvalue weighted by Gasteiger charge is 2.41. The highest BCUT2D eigenvalue weighted by atomic mass is 19.1. The van der Waals surface area contributed by atoms with Gasteiger partial charge in [-0.1, -0.05) is 12.1 Å². The maximum Gasteiger partial charge on any atom is 0.123 e. The van der Waals surface area contributed by atoms with Crippen molar-refractivity contribution in [2.75, 3.05) is 20.1 Å². The first-order valence-corrected chi connectivity index (χ1v) is 5.77. The number of benzene rings is 1. The second-order valence-electron chi connectivity index (χ2n) is 5.00.